The molecule has 3 heterocycles. The zero-order valence-corrected chi connectivity index (χ0v) is 24.1. The number of imidazole rings is 1. The molecule has 0 unspecified atom stereocenters. The molecule has 2 aromatic heterocycles. The van der Waals surface area contributed by atoms with Crippen molar-refractivity contribution in [3.8, 4) is 11.5 Å². The van der Waals surface area contributed by atoms with Crippen molar-refractivity contribution in [2.24, 2.45) is 7.05 Å². The lowest BCUT2D eigenvalue weighted by molar-refractivity contribution is 0.0935. The molecule has 210 valence electrons. The van der Waals surface area contributed by atoms with Gasteiger partial charge in [0.05, 0.1) is 11.0 Å². The summed E-state index contributed by atoms with van der Waals surface area (Å²) in [6.07, 6.45) is 1.60. The number of hydrogen-bond donors (Lipinski definition) is 2. The number of carbonyl (C=O) groups is 1. The smallest absolute Gasteiger partial charge is 0.270 e. The van der Waals surface area contributed by atoms with E-state index in [-0.39, 0.29) is 5.91 Å². The topological polar surface area (TPSA) is 87.6 Å². The standard InChI is InChI=1S/C31H39N7O2/c1-21(2)26-18-23(7-6-22(26)3)34-31-35-27-19-24(8-9-29(27)37(31)5)40-25-10-11-32-28(20-25)30(39)33-12-13-38-16-14-36(4)15-17-38/h6-11,18-21H,12-17H2,1-5H3,(H,33,39)(H,34,35). The number of hydrogen-bond acceptors (Lipinski definition) is 7. The molecule has 5 rings (SSSR count). The maximum atomic E-state index is 12.7. The quantitative estimate of drug-likeness (QED) is 0.311. The van der Waals surface area contributed by atoms with Gasteiger partial charge in [0.15, 0.2) is 0 Å². The van der Waals surface area contributed by atoms with E-state index in [0.29, 0.717) is 29.7 Å². The van der Waals surface area contributed by atoms with Crippen LogP contribution >= 0.6 is 0 Å². The molecule has 1 saturated heterocycles. The highest BCUT2D eigenvalue weighted by atomic mass is 16.5. The van der Waals surface area contributed by atoms with Crippen LogP contribution in [0.15, 0.2) is 54.7 Å². The van der Waals surface area contributed by atoms with Crippen LogP contribution in [0.2, 0.25) is 0 Å². The summed E-state index contributed by atoms with van der Waals surface area (Å²) in [6, 6.07) is 15.6. The number of rotatable bonds is 9. The van der Waals surface area contributed by atoms with Gasteiger partial charge >= 0.3 is 0 Å². The van der Waals surface area contributed by atoms with Gasteiger partial charge in [-0.15, -0.1) is 0 Å². The zero-order valence-electron chi connectivity index (χ0n) is 24.1. The minimum atomic E-state index is -0.202. The molecule has 4 aromatic rings. The molecule has 0 spiro atoms. The maximum absolute atomic E-state index is 12.7. The summed E-state index contributed by atoms with van der Waals surface area (Å²) in [5.74, 6) is 2.19. The van der Waals surface area contributed by atoms with E-state index in [9.17, 15) is 4.79 Å². The summed E-state index contributed by atoms with van der Waals surface area (Å²) < 4.78 is 8.14. The number of amides is 1. The number of carbonyl (C=O) groups excluding carboxylic acids is 1. The van der Waals surface area contributed by atoms with E-state index in [1.807, 2.05) is 29.8 Å². The Balaban J connectivity index is 1.23. The second-order valence-corrected chi connectivity index (χ2v) is 10.9. The molecule has 1 aliphatic rings. The van der Waals surface area contributed by atoms with Gasteiger partial charge in [-0.2, -0.15) is 0 Å². The number of piperazine rings is 1. The van der Waals surface area contributed by atoms with Crippen molar-refractivity contribution in [1.82, 2.24) is 29.7 Å². The van der Waals surface area contributed by atoms with Gasteiger partial charge in [0.1, 0.15) is 17.2 Å². The van der Waals surface area contributed by atoms with Crippen LogP contribution in [0.5, 0.6) is 11.5 Å². The molecular weight excluding hydrogens is 502 g/mol. The van der Waals surface area contributed by atoms with Gasteiger partial charge in [-0.05, 0) is 61.3 Å². The van der Waals surface area contributed by atoms with Crippen LogP contribution < -0.4 is 15.4 Å². The number of aryl methyl sites for hydroxylation is 2. The normalized spacial score (nSPS) is 14.6. The number of likely N-dealkylation sites (N-methyl/N-ethyl adjacent to an activating group) is 1. The predicted molar refractivity (Wildman–Crippen MR) is 160 cm³/mol. The van der Waals surface area contributed by atoms with E-state index in [1.165, 1.54) is 11.1 Å². The third kappa shape index (κ3) is 6.43. The van der Waals surface area contributed by atoms with Gasteiger partial charge in [-0.3, -0.25) is 14.7 Å². The van der Waals surface area contributed by atoms with Crippen LogP contribution in [-0.2, 0) is 7.05 Å². The third-order valence-corrected chi connectivity index (χ3v) is 7.52. The number of fused-ring (bicyclic) bond motifs is 1. The van der Waals surface area contributed by atoms with Crippen LogP contribution in [0.4, 0.5) is 11.6 Å². The number of ether oxygens (including phenoxy) is 1. The average molecular weight is 542 g/mol. The number of nitrogens with one attached hydrogen (secondary N) is 2. The number of anilines is 2. The molecule has 9 heteroatoms. The minimum absolute atomic E-state index is 0.202. The fourth-order valence-electron chi connectivity index (χ4n) is 5.05. The molecule has 0 saturated carbocycles. The van der Waals surface area contributed by atoms with Gasteiger partial charge in [0.25, 0.3) is 5.91 Å². The lowest BCUT2D eigenvalue weighted by Gasteiger charge is -2.32. The molecule has 0 radical (unpaired) electrons. The van der Waals surface area contributed by atoms with Gasteiger partial charge in [-0.1, -0.05) is 19.9 Å². The van der Waals surface area contributed by atoms with Crippen molar-refractivity contribution in [1.29, 1.82) is 0 Å². The SMILES string of the molecule is Cc1ccc(Nc2nc3cc(Oc4ccnc(C(=O)NCCN5CCN(C)CC5)c4)ccc3n2C)cc1C(C)C. The van der Waals surface area contributed by atoms with Crippen LogP contribution in [0.3, 0.4) is 0 Å². The molecule has 9 nitrogen and oxygen atoms in total. The highest BCUT2D eigenvalue weighted by Crippen LogP contribution is 2.29. The number of nitrogens with zero attached hydrogens (tertiary/aromatic N) is 5. The van der Waals surface area contributed by atoms with Crippen molar-refractivity contribution < 1.29 is 9.53 Å². The van der Waals surface area contributed by atoms with Gasteiger partial charge in [0, 0.05) is 70.3 Å². The van der Waals surface area contributed by atoms with Gasteiger partial charge in [0.2, 0.25) is 5.95 Å². The fraction of sp³-hybridized carbons (Fsp3) is 0.387. The second kappa shape index (κ2) is 12.1. The van der Waals surface area contributed by atoms with Crippen molar-refractivity contribution in [3.05, 3.63) is 71.5 Å². The highest BCUT2D eigenvalue weighted by molar-refractivity contribution is 5.92. The Kier molecular flexibility index (Phi) is 8.32. The van der Waals surface area contributed by atoms with Crippen LogP contribution in [0.1, 0.15) is 41.4 Å². The van der Waals surface area contributed by atoms with E-state index in [1.54, 1.807) is 18.3 Å². The highest BCUT2D eigenvalue weighted by Gasteiger charge is 2.15. The Bertz CT molecular complexity index is 1490. The summed E-state index contributed by atoms with van der Waals surface area (Å²) in [5.41, 5.74) is 5.75. The van der Waals surface area contributed by atoms with Crippen molar-refractivity contribution in [2.75, 3.05) is 51.6 Å². The summed E-state index contributed by atoms with van der Waals surface area (Å²) in [4.78, 5) is 26.5. The van der Waals surface area contributed by atoms with Crippen molar-refractivity contribution in [2.45, 2.75) is 26.7 Å². The Morgan fingerprint density at radius 3 is 2.55 bits per heavy atom. The molecular formula is C31H39N7O2. The maximum Gasteiger partial charge on any atom is 0.270 e. The minimum Gasteiger partial charge on any atom is -0.457 e. The van der Waals surface area contributed by atoms with Gasteiger partial charge < -0.3 is 24.8 Å². The first-order chi connectivity index (χ1) is 19.3. The first-order valence-electron chi connectivity index (χ1n) is 13.9. The Labute approximate surface area is 236 Å². The van der Waals surface area contributed by atoms with Crippen LogP contribution in [0.25, 0.3) is 11.0 Å². The zero-order chi connectivity index (χ0) is 28.2. The lowest BCUT2D eigenvalue weighted by atomic mass is 9.97. The molecule has 40 heavy (non-hydrogen) atoms. The monoisotopic (exact) mass is 541 g/mol. The molecule has 2 N–H and O–H groups in total. The first kappa shape index (κ1) is 27.6. The van der Waals surface area contributed by atoms with E-state index >= 15 is 0 Å². The van der Waals surface area contributed by atoms with Gasteiger partial charge in [-0.25, -0.2) is 4.98 Å². The molecule has 0 bridgehead atoms. The third-order valence-electron chi connectivity index (χ3n) is 7.52. The summed E-state index contributed by atoms with van der Waals surface area (Å²) >= 11 is 0. The van der Waals surface area contributed by atoms with Crippen LogP contribution in [0, 0.1) is 6.92 Å². The molecule has 2 aromatic carbocycles. The van der Waals surface area contributed by atoms with E-state index < -0.39 is 0 Å². The van der Waals surface area contributed by atoms with Crippen molar-refractivity contribution in [3.63, 3.8) is 0 Å². The predicted octanol–water partition coefficient (Wildman–Crippen LogP) is 4.91. The molecule has 0 atom stereocenters. The lowest BCUT2D eigenvalue weighted by Crippen LogP contribution is -2.46. The molecule has 1 fully saturated rings. The average Bonchev–Trinajstić information content (AvgIpc) is 3.24. The largest absolute Gasteiger partial charge is 0.457 e. The summed E-state index contributed by atoms with van der Waals surface area (Å²) in [5, 5.41) is 6.45. The molecule has 1 aliphatic heterocycles. The molecule has 1 amide bonds. The summed E-state index contributed by atoms with van der Waals surface area (Å²) in [6.45, 7) is 12.1. The second-order valence-electron chi connectivity index (χ2n) is 10.9. The Morgan fingerprint density at radius 2 is 1.77 bits per heavy atom. The first-order valence-corrected chi connectivity index (χ1v) is 13.9. The van der Waals surface area contributed by atoms with Crippen molar-refractivity contribution >= 4 is 28.6 Å². The summed E-state index contributed by atoms with van der Waals surface area (Å²) in [7, 11) is 4.13. The van der Waals surface area contributed by atoms with Crippen LogP contribution in [-0.4, -0.2) is 76.6 Å². The number of benzene rings is 2. The van der Waals surface area contributed by atoms with E-state index in [4.69, 9.17) is 9.72 Å². The Morgan fingerprint density at radius 1 is 1.00 bits per heavy atom. The number of pyridine rings is 1. The van der Waals surface area contributed by atoms with E-state index in [0.717, 1.165) is 55.4 Å². The molecule has 0 aliphatic carbocycles. The number of aromatic nitrogens is 3. The van der Waals surface area contributed by atoms with E-state index in [2.05, 4.69) is 71.4 Å². The fourth-order valence-corrected chi connectivity index (χ4v) is 5.05. The Hall–Kier alpha value is -3.95.